The van der Waals surface area contributed by atoms with Crippen molar-refractivity contribution in [2.24, 2.45) is 0 Å². The van der Waals surface area contributed by atoms with Gasteiger partial charge >= 0.3 is 12.3 Å². The molecule has 0 saturated heterocycles. The van der Waals surface area contributed by atoms with Gasteiger partial charge in [0, 0.05) is 16.6 Å². The number of ether oxygens (including phenoxy) is 2. The van der Waals surface area contributed by atoms with Crippen molar-refractivity contribution < 1.29 is 41.7 Å². The first-order valence-electron chi connectivity index (χ1n) is 9.95. The standard InChI is InChI=1S/C23H21F4NO5/c1-11(2)32-22(31)12(3)18-13(4)28(16-9-10-17(29)20(24)19(16)18)21(30)14-5-7-15(8-6-14)33-23(25,26)27/h5-12,29H,1-4H3. The van der Waals surface area contributed by atoms with Gasteiger partial charge in [-0.1, -0.05) is 0 Å². The van der Waals surface area contributed by atoms with E-state index in [-0.39, 0.29) is 27.7 Å². The molecule has 1 unspecified atom stereocenters. The maximum absolute atomic E-state index is 15.0. The summed E-state index contributed by atoms with van der Waals surface area (Å²) in [6, 6.07) is 6.64. The second kappa shape index (κ2) is 8.76. The molecule has 0 aliphatic carbocycles. The highest BCUT2D eigenvalue weighted by Crippen LogP contribution is 2.38. The van der Waals surface area contributed by atoms with Crippen LogP contribution in [0.25, 0.3) is 10.9 Å². The van der Waals surface area contributed by atoms with E-state index in [4.69, 9.17) is 4.74 Å². The zero-order chi connectivity index (χ0) is 24.7. The molecule has 0 saturated carbocycles. The minimum absolute atomic E-state index is 0.00182. The Morgan fingerprint density at radius 3 is 2.18 bits per heavy atom. The van der Waals surface area contributed by atoms with Crippen LogP contribution in [0.1, 0.15) is 48.3 Å². The molecule has 0 aliphatic heterocycles. The van der Waals surface area contributed by atoms with Crippen molar-refractivity contribution in [2.45, 2.75) is 46.1 Å². The zero-order valence-electron chi connectivity index (χ0n) is 18.2. The Morgan fingerprint density at radius 1 is 1.03 bits per heavy atom. The van der Waals surface area contributed by atoms with Crippen LogP contribution in [0.5, 0.6) is 11.5 Å². The van der Waals surface area contributed by atoms with Crippen LogP contribution in [0.15, 0.2) is 36.4 Å². The van der Waals surface area contributed by atoms with Gasteiger partial charge in [-0.3, -0.25) is 14.2 Å². The number of phenols is 1. The number of halogens is 4. The number of fused-ring (bicyclic) bond motifs is 1. The number of carbonyl (C=O) groups is 2. The fourth-order valence-electron chi connectivity index (χ4n) is 3.65. The normalized spacial score (nSPS) is 12.8. The molecule has 1 aromatic heterocycles. The Labute approximate surface area is 186 Å². The van der Waals surface area contributed by atoms with E-state index in [1.54, 1.807) is 13.8 Å². The molecule has 0 aliphatic rings. The molecule has 2 aromatic carbocycles. The van der Waals surface area contributed by atoms with Gasteiger partial charge < -0.3 is 14.6 Å². The summed E-state index contributed by atoms with van der Waals surface area (Å²) in [5.41, 5.74) is 0.474. The van der Waals surface area contributed by atoms with E-state index < -0.39 is 47.6 Å². The second-order valence-corrected chi connectivity index (χ2v) is 7.71. The monoisotopic (exact) mass is 467 g/mol. The van der Waals surface area contributed by atoms with Gasteiger partial charge in [0.05, 0.1) is 17.5 Å². The molecule has 10 heteroatoms. The van der Waals surface area contributed by atoms with E-state index in [1.165, 1.54) is 19.9 Å². The Hall–Kier alpha value is -3.56. The van der Waals surface area contributed by atoms with E-state index >= 15 is 0 Å². The van der Waals surface area contributed by atoms with Crippen LogP contribution in [0.3, 0.4) is 0 Å². The Balaban J connectivity index is 2.14. The van der Waals surface area contributed by atoms with Gasteiger partial charge in [-0.05, 0) is 69.7 Å². The van der Waals surface area contributed by atoms with Gasteiger partial charge in [-0.15, -0.1) is 13.2 Å². The van der Waals surface area contributed by atoms with Crippen LogP contribution in [-0.4, -0.2) is 34.0 Å². The summed E-state index contributed by atoms with van der Waals surface area (Å²) in [7, 11) is 0. The molecule has 1 atom stereocenters. The number of benzene rings is 2. The van der Waals surface area contributed by atoms with Crippen molar-refractivity contribution >= 4 is 22.8 Å². The average molecular weight is 467 g/mol. The molecule has 0 amide bonds. The van der Waals surface area contributed by atoms with Crippen LogP contribution in [0.4, 0.5) is 17.6 Å². The first-order chi connectivity index (χ1) is 15.3. The van der Waals surface area contributed by atoms with Gasteiger partial charge in [0.2, 0.25) is 0 Å². The highest BCUT2D eigenvalue weighted by molar-refractivity contribution is 6.05. The maximum atomic E-state index is 15.0. The third kappa shape index (κ3) is 4.79. The molecule has 6 nitrogen and oxygen atoms in total. The van der Waals surface area contributed by atoms with E-state index in [9.17, 15) is 32.3 Å². The molecular formula is C23H21F4NO5. The lowest BCUT2D eigenvalue weighted by Crippen LogP contribution is -2.19. The predicted octanol–water partition coefficient (Wildman–Crippen LogP) is 5.44. The maximum Gasteiger partial charge on any atom is 0.573 e. The molecule has 0 radical (unpaired) electrons. The number of aromatic nitrogens is 1. The number of hydrogen-bond donors (Lipinski definition) is 1. The number of alkyl halides is 3. The summed E-state index contributed by atoms with van der Waals surface area (Å²) in [6.07, 6.45) is -5.31. The van der Waals surface area contributed by atoms with Crippen molar-refractivity contribution in [3.8, 4) is 11.5 Å². The van der Waals surface area contributed by atoms with Gasteiger partial charge in [0.25, 0.3) is 5.91 Å². The average Bonchev–Trinajstić information content (AvgIpc) is 3.01. The molecule has 3 rings (SSSR count). The molecule has 0 fully saturated rings. The van der Waals surface area contributed by atoms with Crippen molar-refractivity contribution in [3.63, 3.8) is 0 Å². The minimum atomic E-state index is -4.88. The number of carbonyl (C=O) groups excluding carboxylic acids is 2. The topological polar surface area (TPSA) is 77.8 Å². The van der Waals surface area contributed by atoms with Gasteiger partial charge in [0.1, 0.15) is 5.75 Å². The predicted molar refractivity (Wildman–Crippen MR) is 111 cm³/mol. The summed E-state index contributed by atoms with van der Waals surface area (Å²) < 4.78 is 62.3. The Kier molecular flexibility index (Phi) is 6.40. The van der Waals surface area contributed by atoms with Crippen molar-refractivity contribution in [1.82, 2.24) is 4.57 Å². The molecule has 1 N–H and O–H groups in total. The molecule has 33 heavy (non-hydrogen) atoms. The Morgan fingerprint density at radius 2 is 1.64 bits per heavy atom. The van der Waals surface area contributed by atoms with Crippen LogP contribution in [0, 0.1) is 12.7 Å². The van der Waals surface area contributed by atoms with Crippen molar-refractivity contribution in [1.29, 1.82) is 0 Å². The number of esters is 1. The fourth-order valence-corrected chi connectivity index (χ4v) is 3.65. The molecule has 0 bridgehead atoms. The van der Waals surface area contributed by atoms with Crippen LogP contribution >= 0.6 is 0 Å². The zero-order valence-corrected chi connectivity index (χ0v) is 18.2. The van der Waals surface area contributed by atoms with Crippen molar-refractivity contribution in [3.05, 3.63) is 59.0 Å². The number of phenolic OH excluding ortho intramolecular Hbond substituents is 1. The summed E-state index contributed by atoms with van der Waals surface area (Å²) in [4.78, 5) is 25.8. The van der Waals surface area contributed by atoms with Crippen molar-refractivity contribution in [2.75, 3.05) is 0 Å². The summed E-state index contributed by atoms with van der Waals surface area (Å²) in [5.74, 6) is -4.45. The minimum Gasteiger partial charge on any atom is -0.505 e. The quantitative estimate of drug-likeness (QED) is 0.400. The van der Waals surface area contributed by atoms with Gasteiger partial charge in [-0.2, -0.15) is 0 Å². The van der Waals surface area contributed by atoms with Crippen LogP contribution < -0.4 is 4.74 Å². The van der Waals surface area contributed by atoms with Gasteiger partial charge in [-0.25, -0.2) is 4.39 Å². The smallest absolute Gasteiger partial charge is 0.505 e. The summed E-state index contributed by atoms with van der Waals surface area (Å²) in [6.45, 7) is 6.31. The molecule has 0 spiro atoms. The SMILES string of the molecule is Cc1c(C(C)C(=O)OC(C)C)c2c(F)c(O)ccc2n1C(=O)c1ccc(OC(F)(F)F)cc1. The number of hydrogen-bond acceptors (Lipinski definition) is 5. The highest BCUT2D eigenvalue weighted by atomic mass is 19.4. The highest BCUT2D eigenvalue weighted by Gasteiger charge is 2.32. The van der Waals surface area contributed by atoms with E-state index in [2.05, 4.69) is 4.74 Å². The van der Waals surface area contributed by atoms with Crippen LogP contribution in [-0.2, 0) is 9.53 Å². The number of nitrogens with zero attached hydrogens (tertiary/aromatic N) is 1. The second-order valence-electron chi connectivity index (χ2n) is 7.71. The lowest BCUT2D eigenvalue weighted by atomic mass is 9.97. The third-order valence-corrected chi connectivity index (χ3v) is 5.01. The van der Waals surface area contributed by atoms with E-state index in [0.717, 1.165) is 34.9 Å². The fraction of sp³-hybridized carbons (Fsp3) is 0.304. The molecular weight excluding hydrogens is 446 g/mol. The summed E-state index contributed by atoms with van der Waals surface area (Å²) >= 11 is 0. The van der Waals surface area contributed by atoms with E-state index in [1.807, 2.05) is 0 Å². The lowest BCUT2D eigenvalue weighted by molar-refractivity contribution is -0.274. The lowest BCUT2D eigenvalue weighted by Gasteiger charge is -2.15. The first kappa shape index (κ1) is 24.1. The first-order valence-corrected chi connectivity index (χ1v) is 9.95. The number of aromatic hydroxyl groups is 1. The van der Waals surface area contributed by atoms with Gasteiger partial charge in [0.15, 0.2) is 11.6 Å². The summed E-state index contributed by atoms with van der Waals surface area (Å²) in [5, 5.41) is 9.78. The van der Waals surface area contributed by atoms with E-state index in [0.29, 0.717) is 0 Å². The van der Waals surface area contributed by atoms with Crippen LogP contribution in [0.2, 0.25) is 0 Å². The third-order valence-electron chi connectivity index (χ3n) is 5.01. The molecule has 3 aromatic rings. The largest absolute Gasteiger partial charge is 0.573 e. The Bertz CT molecular complexity index is 1210. The number of rotatable bonds is 5. The molecule has 1 heterocycles. The molecule has 176 valence electrons.